The van der Waals surface area contributed by atoms with Gasteiger partial charge in [0.1, 0.15) is 5.75 Å². The second-order valence-electron chi connectivity index (χ2n) is 8.10. The Hall–Kier alpha value is -1.48. The molecule has 1 aliphatic rings. The molecule has 0 N–H and O–H groups in total. The number of aromatic nitrogens is 1. The summed E-state index contributed by atoms with van der Waals surface area (Å²) in [5, 5.41) is 1.30. The second kappa shape index (κ2) is 11.4. The van der Waals surface area contributed by atoms with Gasteiger partial charge in [0, 0.05) is 30.2 Å². The molecule has 0 aliphatic carbocycles. The van der Waals surface area contributed by atoms with Crippen LogP contribution in [0.15, 0.2) is 30.5 Å². The third kappa shape index (κ3) is 6.57. The van der Waals surface area contributed by atoms with E-state index >= 15 is 0 Å². The Kier molecular flexibility index (Phi) is 8.54. The zero-order valence-corrected chi connectivity index (χ0v) is 17.3. The first-order chi connectivity index (χ1) is 13.4. The molecule has 0 radical (unpaired) electrons. The standard InChI is InChI=1S/C24H38N2O/c1-2-3-4-5-6-10-18-26-19-14-22-21-23(12-13-24(22)26)27-20-11-17-25-15-8-7-9-16-25/h12-14,19,21H,2-11,15-18,20H2,1H3. The van der Waals surface area contributed by atoms with Crippen molar-refractivity contribution in [1.29, 1.82) is 0 Å². The molecule has 0 atom stereocenters. The van der Waals surface area contributed by atoms with Gasteiger partial charge in [0.05, 0.1) is 6.61 Å². The average molecular weight is 371 g/mol. The van der Waals surface area contributed by atoms with Crippen molar-refractivity contribution in [3.05, 3.63) is 30.5 Å². The molecule has 2 heterocycles. The lowest BCUT2D eigenvalue weighted by molar-refractivity contribution is 0.205. The van der Waals surface area contributed by atoms with Crippen LogP contribution in [0.25, 0.3) is 10.9 Å². The van der Waals surface area contributed by atoms with Gasteiger partial charge >= 0.3 is 0 Å². The fourth-order valence-corrected chi connectivity index (χ4v) is 4.19. The maximum Gasteiger partial charge on any atom is 0.120 e. The third-order valence-corrected chi connectivity index (χ3v) is 5.83. The summed E-state index contributed by atoms with van der Waals surface area (Å²) in [4.78, 5) is 2.58. The quantitative estimate of drug-likeness (QED) is 0.410. The van der Waals surface area contributed by atoms with E-state index < -0.39 is 0 Å². The predicted molar refractivity (Wildman–Crippen MR) is 116 cm³/mol. The maximum atomic E-state index is 6.01. The van der Waals surface area contributed by atoms with Gasteiger partial charge < -0.3 is 14.2 Å². The molecule has 27 heavy (non-hydrogen) atoms. The Bertz CT molecular complexity index is 657. The molecule has 1 saturated heterocycles. The van der Waals surface area contributed by atoms with Crippen LogP contribution in [0.4, 0.5) is 0 Å². The molecule has 3 heteroatoms. The monoisotopic (exact) mass is 370 g/mol. The lowest BCUT2D eigenvalue weighted by Crippen LogP contribution is -2.31. The van der Waals surface area contributed by atoms with E-state index in [9.17, 15) is 0 Å². The zero-order valence-electron chi connectivity index (χ0n) is 17.3. The van der Waals surface area contributed by atoms with E-state index in [1.807, 2.05) is 0 Å². The van der Waals surface area contributed by atoms with Crippen molar-refractivity contribution in [2.45, 2.75) is 77.7 Å². The largest absolute Gasteiger partial charge is 0.494 e. The molecule has 0 unspecified atom stereocenters. The van der Waals surface area contributed by atoms with Gasteiger partial charge in [-0.1, -0.05) is 45.4 Å². The van der Waals surface area contributed by atoms with Gasteiger partial charge in [0.15, 0.2) is 0 Å². The summed E-state index contributed by atoms with van der Waals surface area (Å²) in [5.41, 5.74) is 1.34. The summed E-state index contributed by atoms with van der Waals surface area (Å²) < 4.78 is 8.41. The number of hydrogen-bond donors (Lipinski definition) is 0. The van der Waals surface area contributed by atoms with Gasteiger partial charge in [-0.05, 0) is 63.0 Å². The fourth-order valence-electron chi connectivity index (χ4n) is 4.19. The Labute approximate surface area is 165 Å². The molecule has 2 aromatic rings. The van der Waals surface area contributed by atoms with Crippen LogP contribution in [0, 0.1) is 0 Å². The summed E-state index contributed by atoms with van der Waals surface area (Å²) in [6, 6.07) is 8.80. The average Bonchev–Trinajstić information content (AvgIpc) is 3.11. The molecule has 0 spiro atoms. The Morgan fingerprint density at radius 2 is 1.67 bits per heavy atom. The van der Waals surface area contributed by atoms with E-state index in [1.165, 1.54) is 88.3 Å². The molecule has 1 aromatic carbocycles. The van der Waals surface area contributed by atoms with E-state index in [4.69, 9.17) is 4.74 Å². The number of aryl methyl sites for hydroxylation is 1. The molecular formula is C24H38N2O. The van der Waals surface area contributed by atoms with Gasteiger partial charge in [0.25, 0.3) is 0 Å². The number of ether oxygens (including phenoxy) is 1. The van der Waals surface area contributed by atoms with Crippen LogP contribution in [0.3, 0.4) is 0 Å². The molecule has 0 saturated carbocycles. The van der Waals surface area contributed by atoms with E-state index in [0.29, 0.717) is 0 Å². The van der Waals surface area contributed by atoms with Crippen LogP contribution in [-0.4, -0.2) is 35.7 Å². The number of unbranched alkanes of at least 4 members (excludes halogenated alkanes) is 5. The van der Waals surface area contributed by atoms with Crippen LogP contribution in [0.2, 0.25) is 0 Å². The van der Waals surface area contributed by atoms with Crippen molar-refractivity contribution in [1.82, 2.24) is 9.47 Å². The van der Waals surface area contributed by atoms with Gasteiger partial charge in [-0.25, -0.2) is 0 Å². The highest BCUT2D eigenvalue weighted by molar-refractivity contribution is 5.81. The van der Waals surface area contributed by atoms with Crippen molar-refractivity contribution >= 4 is 10.9 Å². The maximum absolute atomic E-state index is 6.01. The van der Waals surface area contributed by atoms with Crippen LogP contribution in [-0.2, 0) is 6.54 Å². The molecule has 0 amide bonds. The summed E-state index contributed by atoms with van der Waals surface area (Å²) in [5.74, 6) is 1.01. The molecule has 3 rings (SSSR count). The Balaban J connectivity index is 1.39. The number of piperidine rings is 1. The van der Waals surface area contributed by atoms with E-state index in [-0.39, 0.29) is 0 Å². The van der Waals surface area contributed by atoms with Gasteiger partial charge in [-0.3, -0.25) is 0 Å². The fraction of sp³-hybridized carbons (Fsp3) is 0.667. The minimum atomic E-state index is 0.820. The first-order valence-electron chi connectivity index (χ1n) is 11.3. The summed E-state index contributed by atoms with van der Waals surface area (Å²) >= 11 is 0. The number of benzene rings is 1. The van der Waals surface area contributed by atoms with Crippen LogP contribution in [0.5, 0.6) is 5.75 Å². The highest BCUT2D eigenvalue weighted by atomic mass is 16.5. The van der Waals surface area contributed by atoms with Crippen molar-refractivity contribution < 1.29 is 4.74 Å². The van der Waals surface area contributed by atoms with Crippen molar-refractivity contribution in [3.63, 3.8) is 0 Å². The zero-order chi connectivity index (χ0) is 18.7. The number of nitrogens with zero attached hydrogens (tertiary/aromatic N) is 2. The molecule has 0 bridgehead atoms. The van der Waals surface area contributed by atoms with Gasteiger partial charge in [-0.2, -0.15) is 0 Å². The SMILES string of the molecule is CCCCCCCCn1ccc2cc(OCCCN3CCCCC3)ccc21. The predicted octanol–water partition coefficient (Wildman–Crippen LogP) is 6.26. The van der Waals surface area contributed by atoms with Crippen LogP contribution < -0.4 is 4.74 Å². The normalized spacial score (nSPS) is 15.4. The number of rotatable bonds is 12. The number of hydrogen-bond acceptors (Lipinski definition) is 2. The minimum absolute atomic E-state index is 0.820. The third-order valence-electron chi connectivity index (χ3n) is 5.83. The van der Waals surface area contributed by atoms with E-state index in [2.05, 4.69) is 46.9 Å². The van der Waals surface area contributed by atoms with Gasteiger partial charge in [-0.15, -0.1) is 0 Å². The second-order valence-corrected chi connectivity index (χ2v) is 8.10. The lowest BCUT2D eigenvalue weighted by atomic mass is 10.1. The lowest BCUT2D eigenvalue weighted by Gasteiger charge is -2.26. The first-order valence-corrected chi connectivity index (χ1v) is 11.3. The highest BCUT2D eigenvalue weighted by Crippen LogP contribution is 2.23. The number of likely N-dealkylation sites (tertiary alicyclic amines) is 1. The number of fused-ring (bicyclic) bond motifs is 1. The Morgan fingerprint density at radius 3 is 2.52 bits per heavy atom. The Morgan fingerprint density at radius 1 is 0.852 bits per heavy atom. The summed E-state index contributed by atoms with van der Waals surface area (Å²) in [6.07, 6.45) is 15.6. The molecule has 1 fully saturated rings. The highest BCUT2D eigenvalue weighted by Gasteiger charge is 2.09. The van der Waals surface area contributed by atoms with Crippen molar-refractivity contribution in [2.75, 3.05) is 26.2 Å². The summed E-state index contributed by atoms with van der Waals surface area (Å²) in [6.45, 7) is 7.96. The van der Waals surface area contributed by atoms with Crippen molar-refractivity contribution in [3.8, 4) is 5.75 Å². The molecule has 3 nitrogen and oxygen atoms in total. The first kappa shape index (κ1) is 20.3. The molecular weight excluding hydrogens is 332 g/mol. The van der Waals surface area contributed by atoms with Crippen LogP contribution in [0.1, 0.15) is 71.1 Å². The van der Waals surface area contributed by atoms with E-state index in [0.717, 1.165) is 25.3 Å². The van der Waals surface area contributed by atoms with E-state index in [1.54, 1.807) is 0 Å². The summed E-state index contributed by atoms with van der Waals surface area (Å²) in [7, 11) is 0. The van der Waals surface area contributed by atoms with Gasteiger partial charge in [0.2, 0.25) is 0 Å². The topological polar surface area (TPSA) is 17.4 Å². The molecule has 1 aliphatic heterocycles. The van der Waals surface area contributed by atoms with Crippen molar-refractivity contribution in [2.24, 2.45) is 0 Å². The molecule has 150 valence electrons. The minimum Gasteiger partial charge on any atom is -0.494 e. The molecule has 1 aromatic heterocycles. The smallest absolute Gasteiger partial charge is 0.120 e. The van der Waals surface area contributed by atoms with Crippen LogP contribution >= 0.6 is 0 Å².